The quantitative estimate of drug-likeness (QED) is 0.333. The van der Waals surface area contributed by atoms with Crippen LogP contribution < -0.4 is 10.6 Å². The van der Waals surface area contributed by atoms with Crippen LogP contribution in [0.3, 0.4) is 0 Å². The fourth-order valence-corrected chi connectivity index (χ4v) is 4.23. The average Bonchev–Trinajstić information content (AvgIpc) is 2.83. The van der Waals surface area contributed by atoms with Crippen LogP contribution in [0.15, 0.2) is 4.99 Å². The van der Waals surface area contributed by atoms with Crippen molar-refractivity contribution in [2.75, 3.05) is 20.7 Å². The van der Waals surface area contributed by atoms with Crippen LogP contribution in [0.2, 0.25) is 0 Å². The van der Waals surface area contributed by atoms with Crippen LogP contribution in [-0.2, 0) is 9.47 Å². The molecule has 29 heavy (non-hydrogen) atoms. The topological polar surface area (TPSA) is 75.2 Å². The van der Waals surface area contributed by atoms with E-state index in [9.17, 15) is 4.79 Å². The smallest absolute Gasteiger partial charge is 0.410 e. The molecule has 0 spiro atoms. The van der Waals surface area contributed by atoms with Gasteiger partial charge in [0.15, 0.2) is 5.96 Å². The number of guanidine groups is 1. The van der Waals surface area contributed by atoms with Crippen LogP contribution in [-0.4, -0.2) is 67.5 Å². The summed E-state index contributed by atoms with van der Waals surface area (Å²) in [7, 11) is 3.54. The number of fused-ring (bicyclic) bond motifs is 2. The zero-order valence-corrected chi connectivity index (χ0v) is 21.7. The molecule has 170 valence electrons. The van der Waals surface area contributed by atoms with Crippen molar-refractivity contribution in [1.29, 1.82) is 0 Å². The van der Waals surface area contributed by atoms with E-state index >= 15 is 0 Å². The van der Waals surface area contributed by atoms with Crippen LogP contribution in [0.5, 0.6) is 0 Å². The Balaban J connectivity index is 0.00000420. The van der Waals surface area contributed by atoms with E-state index in [1.165, 1.54) is 0 Å². The Labute approximate surface area is 193 Å². The Morgan fingerprint density at radius 3 is 2.10 bits per heavy atom. The number of aliphatic imine (C=N–C) groups is 1. The van der Waals surface area contributed by atoms with E-state index in [-0.39, 0.29) is 53.7 Å². The van der Waals surface area contributed by atoms with Crippen molar-refractivity contribution in [2.45, 2.75) is 97.1 Å². The summed E-state index contributed by atoms with van der Waals surface area (Å²) in [6.45, 7) is 13.0. The molecule has 0 aliphatic carbocycles. The lowest BCUT2D eigenvalue weighted by molar-refractivity contribution is 0.00536. The summed E-state index contributed by atoms with van der Waals surface area (Å²) in [5.74, 6) is 0.793. The van der Waals surface area contributed by atoms with E-state index in [0.717, 1.165) is 31.6 Å². The zero-order chi connectivity index (χ0) is 21.1. The van der Waals surface area contributed by atoms with Crippen molar-refractivity contribution in [3.63, 3.8) is 0 Å². The van der Waals surface area contributed by atoms with Gasteiger partial charge in [0.1, 0.15) is 5.60 Å². The van der Waals surface area contributed by atoms with Gasteiger partial charge in [-0.25, -0.2) is 4.79 Å². The molecule has 3 unspecified atom stereocenters. The molecule has 2 heterocycles. The molecule has 2 N–H and O–H groups in total. The van der Waals surface area contributed by atoms with Crippen molar-refractivity contribution >= 4 is 36.0 Å². The van der Waals surface area contributed by atoms with Crippen molar-refractivity contribution in [2.24, 2.45) is 10.4 Å². The van der Waals surface area contributed by atoms with Gasteiger partial charge in [0.2, 0.25) is 0 Å². The zero-order valence-electron chi connectivity index (χ0n) is 19.4. The number of rotatable bonds is 4. The minimum Gasteiger partial charge on any atom is -0.444 e. The number of piperidine rings is 1. The molecule has 0 saturated carbocycles. The summed E-state index contributed by atoms with van der Waals surface area (Å²) in [5.41, 5.74) is -0.402. The van der Waals surface area contributed by atoms with Crippen molar-refractivity contribution in [3.8, 4) is 0 Å². The first-order chi connectivity index (χ1) is 12.9. The van der Waals surface area contributed by atoms with Gasteiger partial charge in [-0.3, -0.25) is 4.99 Å². The van der Waals surface area contributed by atoms with E-state index in [1.807, 2.05) is 25.7 Å². The third kappa shape index (κ3) is 7.45. The second kappa shape index (κ2) is 10.5. The first kappa shape index (κ1) is 26.3. The number of methoxy groups -OCH3 is 1. The van der Waals surface area contributed by atoms with Crippen molar-refractivity contribution in [3.05, 3.63) is 0 Å². The Morgan fingerprint density at radius 1 is 1.14 bits per heavy atom. The number of amides is 1. The maximum absolute atomic E-state index is 12.6. The number of nitrogens with zero attached hydrogens (tertiary/aromatic N) is 2. The van der Waals surface area contributed by atoms with Gasteiger partial charge < -0.3 is 25.0 Å². The number of halogens is 1. The highest BCUT2D eigenvalue weighted by molar-refractivity contribution is 14.0. The number of ether oxygens (including phenoxy) is 2. The monoisotopic (exact) mass is 524 g/mol. The van der Waals surface area contributed by atoms with Crippen molar-refractivity contribution < 1.29 is 14.3 Å². The standard InChI is InChI=1S/C21H40N4O3.HI/c1-20(2,3)17(27-8)13-23-18(22-7)24-14-11-15-9-10-16(12-14)25(15)19(26)28-21(4,5)6;/h14-17H,9-13H2,1-8H3,(H2,22,23,24);1H. The van der Waals surface area contributed by atoms with Gasteiger partial charge in [0.05, 0.1) is 6.10 Å². The summed E-state index contributed by atoms with van der Waals surface area (Å²) in [6.07, 6.45) is 3.85. The molecule has 0 aromatic carbocycles. The summed E-state index contributed by atoms with van der Waals surface area (Å²) in [6, 6.07) is 0.786. The first-order valence-corrected chi connectivity index (χ1v) is 10.5. The van der Waals surface area contributed by atoms with E-state index in [1.54, 1.807) is 14.2 Å². The number of hydrogen-bond acceptors (Lipinski definition) is 4. The van der Waals surface area contributed by atoms with Gasteiger partial charge in [0, 0.05) is 38.8 Å². The second-order valence-electron chi connectivity index (χ2n) is 10.1. The molecule has 2 saturated heterocycles. The Kier molecular flexibility index (Phi) is 9.51. The number of carbonyl (C=O) groups is 1. The summed E-state index contributed by atoms with van der Waals surface area (Å²) < 4.78 is 11.2. The molecule has 0 aromatic rings. The van der Waals surface area contributed by atoms with Crippen LogP contribution >= 0.6 is 24.0 Å². The summed E-state index contributed by atoms with van der Waals surface area (Å²) in [4.78, 5) is 18.9. The third-order valence-corrected chi connectivity index (χ3v) is 5.61. The molecule has 2 fully saturated rings. The second-order valence-corrected chi connectivity index (χ2v) is 10.1. The molecule has 0 radical (unpaired) electrons. The molecular formula is C21H41IN4O3. The van der Waals surface area contributed by atoms with Crippen LogP contribution in [0.4, 0.5) is 4.79 Å². The van der Waals surface area contributed by atoms with Crippen LogP contribution in [0, 0.1) is 5.41 Å². The SMILES string of the molecule is CN=C(NCC(OC)C(C)(C)C)NC1CC2CCC(C1)N2C(=O)OC(C)(C)C.I. The average molecular weight is 524 g/mol. The largest absolute Gasteiger partial charge is 0.444 e. The van der Waals surface area contributed by atoms with Crippen LogP contribution in [0.1, 0.15) is 67.2 Å². The number of carbonyl (C=O) groups excluding carboxylic acids is 1. The summed E-state index contributed by atoms with van der Waals surface area (Å²) >= 11 is 0. The predicted octanol–water partition coefficient (Wildman–Crippen LogP) is 3.76. The number of nitrogens with one attached hydrogen (secondary N) is 2. The first-order valence-electron chi connectivity index (χ1n) is 10.5. The Hall–Kier alpha value is -0.770. The minimum atomic E-state index is -0.456. The molecule has 7 nitrogen and oxygen atoms in total. The molecule has 2 rings (SSSR count). The lowest BCUT2D eigenvalue weighted by Crippen LogP contribution is -2.55. The van der Waals surface area contributed by atoms with Crippen molar-refractivity contribution in [1.82, 2.24) is 15.5 Å². The maximum atomic E-state index is 12.6. The maximum Gasteiger partial charge on any atom is 0.410 e. The molecule has 8 heteroatoms. The predicted molar refractivity (Wildman–Crippen MR) is 128 cm³/mol. The normalized spacial score (nSPS) is 25.9. The highest BCUT2D eigenvalue weighted by atomic mass is 127. The fourth-order valence-electron chi connectivity index (χ4n) is 4.23. The molecular weight excluding hydrogens is 483 g/mol. The highest BCUT2D eigenvalue weighted by Crippen LogP contribution is 2.36. The molecule has 2 aliphatic rings. The van der Waals surface area contributed by atoms with Crippen LogP contribution in [0.25, 0.3) is 0 Å². The minimum absolute atomic E-state index is 0. The van der Waals surface area contributed by atoms with Gasteiger partial charge in [-0.2, -0.15) is 0 Å². The fraction of sp³-hybridized carbons (Fsp3) is 0.905. The molecule has 2 bridgehead atoms. The third-order valence-electron chi connectivity index (χ3n) is 5.61. The lowest BCUT2D eigenvalue weighted by Gasteiger charge is -2.40. The van der Waals surface area contributed by atoms with E-state index < -0.39 is 5.60 Å². The molecule has 1 amide bonds. The molecule has 0 aromatic heterocycles. The Bertz CT molecular complexity index is 557. The molecule has 2 aliphatic heterocycles. The molecule has 3 atom stereocenters. The summed E-state index contributed by atoms with van der Waals surface area (Å²) in [5, 5.41) is 6.95. The lowest BCUT2D eigenvalue weighted by atomic mass is 9.89. The number of hydrogen-bond donors (Lipinski definition) is 2. The van der Waals surface area contributed by atoms with E-state index in [2.05, 4.69) is 36.4 Å². The van der Waals surface area contributed by atoms with E-state index in [0.29, 0.717) is 12.6 Å². The van der Waals surface area contributed by atoms with Gasteiger partial charge >= 0.3 is 6.09 Å². The van der Waals surface area contributed by atoms with E-state index in [4.69, 9.17) is 9.47 Å². The Morgan fingerprint density at radius 2 is 1.69 bits per heavy atom. The van der Waals surface area contributed by atoms with Gasteiger partial charge in [0.25, 0.3) is 0 Å². The van der Waals surface area contributed by atoms with Gasteiger partial charge in [-0.15, -0.1) is 24.0 Å². The van der Waals surface area contributed by atoms with Gasteiger partial charge in [-0.05, 0) is 51.9 Å². The van der Waals surface area contributed by atoms with Gasteiger partial charge in [-0.1, -0.05) is 20.8 Å². The highest BCUT2D eigenvalue weighted by Gasteiger charge is 2.45.